The number of anilines is 1. The largest absolute Gasteiger partial charge is 0.357 e. The summed E-state index contributed by atoms with van der Waals surface area (Å²) in [6, 6.07) is 17.6. The van der Waals surface area contributed by atoms with E-state index in [1.165, 1.54) is 12.1 Å². The number of fused-ring (bicyclic) bond motifs is 1. The summed E-state index contributed by atoms with van der Waals surface area (Å²) >= 11 is 0. The minimum Gasteiger partial charge on any atom is -0.357 e. The molecule has 4 aromatic rings. The maximum absolute atomic E-state index is 13.5. The van der Waals surface area contributed by atoms with Crippen molar-refractivity contribution < 1.29 is 14.0 Å². The van der Waals surface area contributed by atoms with Crippen LogP contribution in [-0.4, -0.2) is 38.0 Å². The second-order valence-electron chi connectivity index (χ2n) is 9.90. The van der Waals surface area contributed by atoms with E-state index < -0.39 is 0 Å². The van der Waals surface area contributed by atoms with Crippen LogP contribution in [0, 0.1) is 5.82 Å². The summed E-state index contributed by atoms with van der Waals surface area (Å²) < 4.78 is 15.3. The van der Waals surface area contributed by atoms with Crippen molar-refractivity contribution in [2.75, 3.05) is 11.9 Å². The lowest BCUT2D eigenvalue weighted by Gasteiger charge is -2.32. The standard InChI is InChI=1S/C29H30FN5O2/c1-18(2)21-6-4-7-23(14-21)32-28(36)26-24-17-34(29(37)25-8-5-13-31-25)15-19(3)27(24)35(33-26)16-20-9-11-22(30)12-10-20/h4-14,18-19,31H,15-17H2,1-3H3,(H,32,36). The number of halogens is 1. The highest BCUT2D eigenvalue weighted by Gasteiger charge is 2.34. The van der Waals surface area contributed by atoms with Crippen molar-refractivity contribution in [1.29, 1.82) is 0 Å². The Morgan fingerprint density at radius 1 is 1.14 bits per heavy atom. The zero-order valence-corrected chi connectivity index (χ0v) is 21.2. The number of carbonyl (C=O) groups excluding carboxylic acids is 2. The first-order valence-corrected chi connectivity index (χ1v) is 12.5. The van der Waals surface area contributed by atoms with E-state index >= 15 is 0 Å². The van der Waals surface area contributed by atoms with E-state index in [-0.39, 0.29) is 30.1 Å². The highest BCUT2D eigenvalue weighted by molar-refractivity contribution is 6.04. The molecule has 0 radical (unpaired) electrons. The molecule has 1 aliphatic rings. The molecule has 0 spiro atoms. The smallest absolute Gasteiger partial charge is 0.276 e. The summed E-state index contributed by atoms with van der Waals surface area (Å²) in [6.07, 6.45) is 1.72. The molecule has 2 aromatic carbocycles. The number of aromatic nitrogens is 3. The molecule has 2 amide bonds. The lowest BCUT2D eigenvalue weighted by molar-refractivity contribution is 0.0711. The second-order valence-corrected chi connectivity index (χ2v) is 9.90. The zero-order chi connectivity index (χ0) is 26.1. The molecule has 0 saturated carbocycles. The van der Waals surface area contributed by atoms with Gasteiger partial charge >= 0.3 is 0 Å². The molecule has 2 N–H and O–H groups in total. The Hall–Kier alpha value is -4.20. The first kappa shape index (κ1) is 24.5. The second kappa shape index (κ2) is 10.0. The van der Waals surface area contributed by atoms with Crippen molar-refractivity contribution >= 4 is 17.5 Å². The van der Waals surface area contributed by atoms with E-state index in [0.717, 1.165) is 22.4 Å². The van der Waals surface area contributed by atoms with Crippen LogP contribution in [0.15, 0.2) is 66.9 Å². The molecule has 1 unspecified atom stereocenters. The van der Waals surface area contributed by atoms with E-state index in [9.17, 15) is 14.0 Å². The highest BCUT2D eigenvalue weighted by Crippen LogP contribution is 2.32. The van der Waals surface area contributed by atoms with Gasteiger partial charge in [0, 0.05) is 35.6 Å². The molecule has 7 nitrogen and oxygen atoms in total. The van der Waals surface area contributed by atoms with Crippen molar-refractivity contribution in [2.24, 2.45) is 0 Å². The van der Waals surface area contributed by atoms with E-state index in [1.807, 2.05) is 35.9 Å². The van der Waals surface area contributed by atoms with E-state index in [1.54, 1.807) is 35.4 Å². The number of benzene rings is 2. The number of hydrogen-bond donors (Lipinski definition) is 2. The third-order valence-electron chi connectivity index (χ3n) is 6.79. The highest BCUT2D eigenvalue weighted by atomic mass is 19.1. The molecule has 8 heteroatoms. The molecular formula is C29H30FN5O2. The predicted molar refractivity (Wildman–Crippen MR) is 140 cm³/mol. The van der Waals surface area contributed by atoms with Crippen LogP contribution in [0.4, 0.5) is 10.1 Å². The Morgan fingerprint density at radius 2 is 1.92 bits per heavy atom. The predicted octanol–water partition coefficient (Wildman–Crippen LogP) is 5.53. The van der Waals surface area contributed by atoms with E-state index in [4.69, 9.17) is 5.10 Å². The zero-order valence-electron chi connectivity index (χ0n) is 21.2. The number of hydrogen-bond acceptors (Lipinski definition) is 3. The number of amides is 2. The van der Waals surface area contributed by atoms with Gasteiger partial charge in [-0.2, -0.15) is 5.10 Å². The number of nitrogens with one attached hydrogen (secondary N) is 2. The Labute approximate surface area is 215 Å². The maximum Gasteiger partial charge on any atom is 0.276 e. The average molecular weight is 500 g/mol. The fourth-order valence-corrected chi connectivity index (χ4v) is 4.91. The molecule has 1 atom stereocenters. The first-order valence-electron chi connectivity index (χ1n) is 12.5. The lowest BCUT2D eigenvalue weighted by Crippen LogP contribution is -2.38. The minimum absolute atomic E-state index is 0.0542. The summed E-state index contributed by atoms with van der Waals surface area (Å²) in [5.41, 5.74) is 5.15. The van der Waals surface area contributed by atoms with Gasteiger partial charge in [0.25, 0.3) is 11.8 Å². The van der Waals surface area contributed by atoms with Gasteiger partial charge in [0.15, 0.2) is 5.69 Å². The van der Waals surface area contributed by atoms with Crippen LogP contribution >= 0.6 is 0 Å². The van der Waals surface area contributed by atoms with Gasteiger partial charge in [0.05, 0.1) is 13.1 Å². The van der Waals surface area contributed by atoms with Gasteiger partial charge in [-0.1, -0.05) is 45.0 Å². The Balaban J connectivity index is 1.51. The topological polar surface area (TPSA) is 83.0 Å². The molecule has 0 fully saturated rings. The van der Waals surface area contributed by atoms with Gasteiger partial charge in [-0.3, -0.25) is 14.3 Å². The molecule has 0 aliphatic carbocycles. The third-order valence-corrected chi connectivity index (χ3v) is 6.79. The van der Waals surface area contributed by atoms with Crippen molar-refractivity contribution in [3.8, 4) is 0 Å². The molecule has 2 aromatic heterocycles. The summed E-state index contributed by atoms with van der Waals surface area (Å²) in [6.45, 7) is 7.40. The van der Waals surface area contributed by atoms with E-state index in [0.29, 0.717) is 36.1 Å². The fourth-order valence-electron chi connectivity index (χ4n) is 4.91. The summed E-state index contributed by atoms with van der Waals surface area (Å²) in [5.74, 6) is -0.475. The quantitative estimate of drug-likeness (QED) is 0.366. The van der Waals surface area contributed by atoms with Gasteiger partial charge in [0.1, 0.15) is 11.5 Å². The van der Waals surface area contributed by atoms with Crippen LogP contribution in [0.2, 0.25) is 0 Å². The molecule has 3 heterocycles. The number of carbonyl (C=O) groups is 2. The lowest BCUT2D eigenvalue weighted by atomic mass is 9.95. The van der Waals surface area contributed by atoms with Crippen molar-refractivity contribution in [3.05, 3.63) is 106 Å². The normalized spacial score (nSPS) is 15.1. The molecule has 37 heavy (non-hydrogen) atoms. The van der Waals surface area contributed by atoms with Crippen molar-refractivity contribution in [1.82, 2.24) is 19.7 Å². The SMILES string of the molecule is CC(C)c1cccc(NC(=O)c2nn(Cc3ccc(F)cc3)c3c2CN(C(=O)c2ccc[nH]2)CC3C)c1. The van der Waals surface area contributed by atoms with Crippen molar-refractivity contribution in [3.63, 3.8) is 0 Å². The van der Waals surface area contributed by atoms with Gasteiger partial charge in [0.2, 0.25) is 0 Å². The summed E-state index contributed by atoms with van der Waals surface area (Å²) in [5, 5.41) is 7.74. The van der Waals surface area contributed by atoms with Crippen LogP contribution in [0.25, 0.3) is 0 Å². The van der Waals surface area contributed by atoms with Crippen LogP contribution in [0.3, 0.4) is 0 Å². The van der Waals surface area contributed by atoms with Crippen LogP contribution in [-0.2, 0) is 13.1 Å². The van der Waals surface area contributed by atoms with Crippen LogP contribution < -0.4 is 5.32 Å². The minimum atomic E-state index is -0.323. The molecular weight excluding hydrogens is 469 g/mol. The summed E-state index contributed by atoms with van der Waals surface area (Å²) in [4.78, 5) is 31.4. The molecule has 0 bridgehead atoms. The maximum atomic E-state index is 13.5. The van der Waals surface area contributed by atoms with Gasteiger partial charge in [-0.15, -0.1) is 0 Å². The molecule has 1 aliphatic heterocycles. The molecule has 0 saturated heterocycles. The Morgan fingerprint density at radius 3 is 2.62 bits per heavy atom. The van der Waals surface area contributed by atoms with Crippen molar-refractivity contribution in [2.45, 2.75) is 45.7 Å². The van der Waals surface area contributed by atoms with Gasteiger partial charge in [-0.05, 0) is 53.4 Å². The van der Waals surface area contributed by atoms with E-state index in [2.05, 4.69) is 24.1 Å². The monoisotopic (exact) mass is 499 g/mol. The first-order chi connectivity index (χ1) is 17.8. The third kappa shape index (κ3) is 5.05. The molecule has 5 rings (SSSR count). The Kier molecular flexibility index (Phi) is 6.65. The van der Waals surface area contributed by atoms with Crippen LogP contribution in [0.5, 0.6) is 0 Å². The molecule has 190 valence electrons. The number of aromatic amines is 1. The average Bonchev–Trinajstić information content (AvgIpc) is 3.54. The number of nitrogens with zero attached hydrogens (tertiary/aromatic N) is 3. The van der Waals surface area contributed by atoms with Crippen LogP contribution in [0.1, 0.15) is 76.0 Å². The number of rotatable bonds is 6. The fraction of sp³-hybridized carbons (Fsp3) is 0.276. The number of H-pyrrole nitrogens is 1. The summed E-state index contributed by atoms with van der Waals surface area (Å²) in [7, 11) is 0. The van der Waals surface area contributed by atoms with Gasteiger partial charge in [-0.25, -0.2) is 4.39 Å². The van der Waals surface area contributed by atoms with Gasteiger partial charge < -0.3 is 15.2 Å². The Bertz CT molecular complexity index is 1420.